The van der Waals surface area contributed by atoms with E-state index in [2.05, 4.69) is 41.5 Å². The van der Waals surface area contributed by atoms with Crippen LogP contribution in [0.4, 0.5) is 0 Å². The summed E-state index contributed by atoms with van der Waals surface area (Å²) in [5.74, 6) is 0.0643. The molecule has 0 aliphatic rings. The van der Waals surface area contributed by atoms with Gasteiger partial charge in [0.15, 0.2) is 0 Å². The van der Waals surface area contributed by atoms with Crippen molar-refractivity contribution in [2.45, 2.75) is 106 Å². The number of aromatic hydroxyl groups is 2. The molecule has 0 unspecified atom stereocenters. The van der Waals surface area contributed by atoms with E-state index >= 15 is 0 Å². The molecule has 0 saturated heterocycles. The van der Waals surface area contributed by atoms with Gasteiger partial charge in [0.2, 0.25) is 0 Å². The normalized spacial score (nSPS) is 12.0. The lowest BCUT2D eigenvalue weighted by atomic mass is 9.80. The van der Waals surface area contributed by atoms with E-state index in [0.29, 0.717) is 37.6 Å². The molecule has 0 bridgehead atoms. The Morgan fingerprint density at radius 1 is 0.591 bits per heavy atom. The highest BCUT2D eigenvalue weighted by Gasteiger charge is 2.25. The largest absolute Gasteiger partial charge is 0.507 e. The first-order valence-corrected chi connectivity index (χ1v) is 15.6. The minimum atomic E-state index is -0.292. The van der Waals surface area contributed by atoms with E-state index in [9.17, 15) is 19.8 Å². The molecule has 0 fully saturated rings. The number of esters is 2. The molecule has 0 aliphatic heterocycles. The van der Waals surface area contributed by atoms with E-state index in [1.165, 1.54) is 0 Å². The third-order valence-electron chi connectivity index (χ3n) is 7.77. The molecule has 0 atom stereocenters. The SMILES string of the molecule is Cc1cc(CCC(=O)OCCOCCOCCOC(=O)CCc2cc(C)c(O)c(C(C)(C)C)c2C)c(C)c(C(C)(C)C)c1O. The maximum atomic E-state index is 12.2. The van der Waals surface area contributed by atoms with Crippen molar-refractivity contribution < 1.29 is 38.7 Å². The third-order valence-corrected chi connectivity index (χ3v) is 7.77. The molecule has 0 heterocycles. The summed E-state index contributed by atoms with van der Waals surface area (Å²) in [5, 5.41) is 21.1. The maximum Gasteiger partial charge on any atom is 0.306 e. The summed E-state index contributed by atoms with van der Waals surface area (Å²) in [7, 11) is 0. The van der Waals surface area contributed by atoms with Crippen molar-refractivity contribution >= 4 is 11.9 Å². The van der Waals surface area contributed by atoms with Crippen LogP contribution >= 0.6 is 0 Å². The zero-order valence-corrected chi connectivity index (χ0v) is 28.6. The van der Waals surface area contributed by atoms with Gasteiger partial charge in [-0.15, -0.1) is 0 Å². The van der Waals surface area contributed by atoms with Crippen LogP contribution < -0.4 is 0 Å². The summed E-state index contributed by atoms with van der Waals surface area (Å²) >= 11 is 0. The van der Waals surface area contributed by atoms with Crippen molar-refractivity contribution in [1.82, 2.24) is 0 Å². The lowest BCUT2D eigenvalue weighted by molar-refractivity contribution is -0.147. The molecule has 0 aromatic heterocycles. The highest BCUT2D eigenvalue weighted by molar-refractivity contribution is 5.70. The highest BCUT2D eigenvalue weighted by atomic mass is 16.6. The van der Waals surface area contributed by atoms with E-state index < -0.39 is 0 Å². The maximum absolute atomic E-state index is 12.2. The summed E-state index contributed by atoms with van der Waals surface area (Å²) in [6.07, 6.45) is 1.59. The molecule has 246 valence electrons. The average Bonchev–Trinajstić information content (AvgIpc) is 2.91. The number of carbonyl (C=O) groups is 2. The number of aryl methyl sites for hydroxylation is 4. The average molecular weight is 615 g/mol. The molecule has 0 amide bonds. The minimum absolute atomic E-state index is 0.161. The highest BCUT2D eigenvalue weighted by Crippen LogP contribution is 2.39. The van der Waals surface area contributed by atoms with Crippen molar-refractivity contribution in [3.05, 3.63) is 56.6 Å². The van der Waals surface area contributed by atoms with E-state index in [-0.39, 0.29) is 62.0 Å². The molecule has 0 aliphatic carbocycles. The Hall–Kier alpha value is -3.10. The number of phenolic OH excluding ortho intramolecular Hbond substituents is 2. The van der Waals surface area contributed by atoms with Crippen molar-refractivity contribution in [2.75, 3.05) is 39.6 Å². The lowest BCUT2D eigenvalue weighted by Crippen LogP contribution is -2.17. The fraction of sp³-hybridized carbons (Fsp3) is 0.611. The molecule has 0 spiro atoms. The third kappa shape index (κ3) is 10.8. The Morgan fingerprint density at radius 3 is 1.23 bits per heavy atom. The van der Waals surface area contributed by atoms with E-state index in [1.807, 2.05) is 39.8 Å². The Morgan fingerprint density at radius 2 is 0.909 bits per heavy atom. The van der Waals surface area contributed by atoms with Crippen LogP contribution in [0.2, 0.25) is 0 Å². The molecule has 8 nitrogen and oxygen atoms in total. The van der Waals surface area contributed by atoms with Gasteiger partial charge in [-0.1, -0.05) is 53.7 Å². The van der Waals surface area contributed by atoms with Crippen LogP contribution in [0.15, 0.2) is 12.1 Å². The molecule has 8 heteroatoms. The second-order valence-electron chi connectivity index (χ2n) is 13.6. The topological polar surface area (TPSA) is 112 Å². The lowest BCUT2D eigenvalue weighted by Gasteiger charge is -2.26. The first kappa shape index (κ1) is 37.1. The summed E-state index contributed by atoms with van der Waals surface area (Å²) in [4.78, 5) is 24.5. The number of hydrogen-bond acceptors (Lipinski definition) is 8. The fourth-order valence-electron chi connectivity index (χ4n) is 5.67. The molecule has 44 heavy (non-hydrogen) atoms. The minimum Gasteiger partial charge on any atom is -0.507 e. The monoisotopic (exact) mass is 614 g/mol. The van der Waals surface area contributed by atoms with E-state index in [4.69, 9.17) is 18.9 Å². The number of hydrogen-bond donors (Lipinski definition) is 2. The van der Waals surface area contributed by atoms with Crippen LogP contribution in [0.3, 0.4) is 0 Å². The molecule has 2 rings (SSSR count). The number of carbonyl (C=O) groups excluding carboxylic acids is 2. The number of phenols is 2. The zero-order chi connectivity index (χ0) is 33.2. The molecule has 0 radical (unpaired) electrons. The van der Waals surface area contributed by atoms with Gasteiger partial charge >= 0.3 is 11.9 Å². The molecule has 0 saturated carbocycles. The van der Waals surface area contributed by atoms with Crippen LogP contribution in [-0.2, 0) is 52.2 Å². The van der Waals surface area contributed by atoms with Gasteiger partial charge in [-0.2, -0.15) is 0 Å². The first-order valence-electron chi connectivity index (χ1n) is 15.6. The van der Waals surface area contributed by atoms with Gasteiger partial charge < -0.3 is 29.2 Å². The Balaban J connectivity index is 1.58. The molecular weight excluding hydrogens is 560 g/mol. The van der Waals surface area contributed by atoms with Gasteiger partial charge in [-0.05, 0) is 84.7 Å². The van der Waals surface area contributed by atoms with E-state index in [1.54, 1.807) is 0 Å². The predicted octanol–water partition coefficient (Wildman–Crippen LogP) is 6.61. The molecule has 2 aromatic carbocycles. The molecule has 2 N–H and O–H groups in total. The standard InChI is InChI=1S/C36H54O8/c1-23-21-27(25(3)31(33(23)39)35(5,6)7)11-13-29(37)43-19-17-41-15-16-42-18-20-44-30(38)14-12-28-22-24(2)34(40)32(26(28)4)36(8,9)10/h21-22,39-40H,11-20H2,1-10H3. The number of benzene rings is 2. The summed E-state index contributed by atoms with van der Waals surface area (Å²) in [5.41, 5.74) is 7.15. The summed E-state index contributed by atoms with van der Waals surface area (Å²) in [6, 6.07) is 3.89. The number of ether oxygens (including phenoxy) is 4. The zero-order valence-electron chi connectivity index (χ0n) is 28.6. The Kier molecular flexibility index (Phi) is 13.7. The van der Waals surface area contributed by atoms with Gasteiger partial charge in [0.1, 0.15) is 24.7 Å². The van der Waals surface area contributed by atoms with Crippen LogP contribution in [0.1, 0.15) is 98.9 Å². The summed E-state index contributed by atoms with van der Waals surface area (Å²) < 4.78 is 21.5. The van der Waals surface area contributed by atoms with Crippen LogP contribution in [0, 0.1) is 27.7 Å². The quantitative estimate of drug-likeness (QED) is 0.170. The van der Waals surface area contributed by atoms with Crippen LogP contribution in [0.25, 0.3) is 0 Å². The summed E-state index contributed by atoms with van der Waals surface area (Å²) in [6.45, 7) is 21.7. The van der Waals surface area contributed by atoms with Gasteiger partial charge in [-0.3, -0.25) is 9.59 Å². The van der Waals surface area contributed by atoms with Gasteiger partial charge in [0.25, 0.3) is 0 Å². The van der Waals surface area contributed by atoms with Gasteiger partial charge in [0, 0.05) is 24.0 Å². The Labute approximate surface area is 264 Å². The van der Waals surface area contributed by atoms with Crippen molar-refractivity contribution in [3.63, 3.8) is 0 Å². The van der Waals surface area contributed by atoms with Crippen molar-refractivity contribution in [2.24, 2.45) is 0 Å². The van der Waals surface area contributed by atoms with Gasteiger partial charge in [0.05, 0.1) is 26.4 Å². The van der Waals surface area contributed by atoms with Crippen LogP contribution in [-0.4, -0.2) is 61.8 Å². The van der Waals surface area contributed by atoms with Crippen LogP contribution in [0.5, 0.6) is 11.5 Å². The molecular formula is C36H54O8. The van der Waals surface area contributed by atoms with Crippen molar-refractivity contribution in [3.8, 4) is 11.5 Å². The fourth-order valence-corrected chi connectivity index (χ4v) is 5.67. The van der Waals surface area contributed by atoms with Crippen molar-refractivity contribution in [1.29, 1.82) is 0 Å². The van der Waals surface area contributed by atoms with Gasteiger partial charge in [-0.25, -0.2) is 0 Å². The predicted molar refractivity (Wildman–Crippen MR) is 173 cm³/mol. The smallest absolute Gasteiger partial charge is 0.306 e. The second kappa shape index (κ2) is 16.3. The molecule has 2 aromatic rings. The second-order valence-corrected chi connectivity index (χ2v) is 13.6. The first-order chi connectivity index (χ1) is 20.4. The Bertz CT molecular complexity index is 1180. The number of rotatable bonds is 15. The van der Waals surface area contributed by atoms with E-state index in [0.717, 1.165) is 44.5 Å².